The van der Waals surface area contributed by atoms with Crippen LogP contribution in [-0.4, -0.2) is 88.7 Å². The van der Waals surface area contributed by atoms with Gasteiger partial charge in [-0.1, -0.05) is 48.5 Å². The van der Waals surface area contributed by atoms with Gasteiger partial charge >= 0.3 is 5.97 Å². The Kier molecular flexibility index (Phi) is 14.1. The number of fused-ring (bicyclic) bond motifs is 1. The second kappa shape index (κ2) is 18.2. The van der Waals surface area contributed by atoms with Crippen LogP contribution in [0.15, 0.2) is 65.8 Å². The highest BCUT2D eigenvalue weighted by atomic mass is 32.1. The number of carboxylic acid groups (broad SMARTS) is 1. The Bertz CT molecular complexity index is 1560. The fraction of sp³-hybridized carbons (Fsp3) is 0.355. The summed E-state index contributed by atoms with van der Waals surface area (Å²) in [5.41, 5.74) is 19.4. The molecule has 3 aromatic rings. The average molecular weight is 668 g/mol. The summed E-state index contributed by atoms with van der Waals surface area (Å²) < 4.78 is 0. The summed E-state index contributed by atoms with van der Waals surface area (Å²) in [6.45, 7) is -0.361. The van der Waals surface area contributed by atoms with Crippen molar-refractivity contribution in [2.45, 2.75) is 49.9 Å². The molecule has 4 amide bonds. The molecule has 0 bridgehead atoms. The number of carbonyl (C=O) groups is 5. The minimum absolute atomic E-state index is 0.0276. The molecule has 3 rings (SSSR count). The van der Waals surface area contributed by atoms with Gasteiger partial charge in [-0.3, -0.25) is 24.2 Å². The van der Waals surface area contributed by atoms with Gasteiger partial charge in [0, 0.05) is 35.8 Å². The molecule has 0 spiro atoms. The van der Waals surface area contributed by atoms with Crippen molar-refractivity contribution in [1.29, 1.82) is 0 Å². The second-order valence-corrected chi connectivity index (χ2v) is 11.2. The molecular formula is C31H41N9O6S. The first-order valence-electron chi connectivity index (χ1n) is 14.9. The van der Waals surface area contributed by atoms with Gasteiger partial charge in [-0.25, -0.2) is 4.79 Å². The number of thiol groups is 1. The molecule has 1 aromatic heterocycles. The summed E-state index contributed by atoms with van der Waals surface area (Å²) in [6.07, 6.45) is 2.42. The maximum Gasteiger partial charge on any atom is 0.327 e. The summed E-state index contributed by atoms with van der Waals surface area (Å²) in [4.78, 5) is 70.9. The largest absolute Gasteiger partial charge is 0.480 e. The van der Waals surface area contributed by atoms with Crippen LogP contribution in [0.25, 0.3) is 10.9 Å². The van der Waals surface area contributed by atoms with E-state index in [1.807, 2.05) is 54.6 Å². The fourth-order valence-corrected chi connectivity index (χ4v) is 4.98. The lowest BCUT2D eigenvalue weighted by molar-refractivity contribution is -0.141. The van der Waals surface area contributed by atoms with Crippen molar-refractivity contribution in [3.05, 3.63) is 71.9 Å². The second-order valence-electron chi connectivity index (χ2n) is 10.8. The van der Waals surface area contributed by atoms with E-state index in [0.717, 1.165) is 16.5 Å². The molecule has 16 heteroatoms. The zero-order valence-corrected chi connectivity index (χ0v) is 26.5. The predicted octanol–water partition coefficient (Wildman–Crippen LogP) is -1.08. The molecule has 252 valence electrons. The molecule has 0 aliphatic carbocycles. The maximum atomic E-state index is 13.7. The van der Waals surface area contributed by atoms with Gasteiger partial charge in [0.25, 0.3) is 0 Å². The Morgan fingerprint density at radius 2 is 1.53 bits per heavy atom. The topological polar surface area (TPSA) is 260 Å². The van der Waals surface area contributed by atoms with Gasteiger partial charge < -0.3 is 48.6 Å². The minimum Gasteiger partial charge on any atom is -0.480 e. The molecule has 12 N–H and O–H groups in total. The Hall–Kier alpha value is -5.09. The first kappa shape index (κ1) is 36.4. The molecule has 2 aromatic carbocycles. The molecule has 0 saturated heterocycles. The number of aromatic amines is 1. The van der Waals surface area contributed by atoms with Crippen LogP contribution in [0.2, 0.25) is 0 Å². The van der Waals surface area contributed by atoms with Crippen molar-refractivity contribution in [1.82, 2.24) is 26.3 Å². The Morgan fingerprint density at radius 1 is 0.851 bits per heavy atom. The highest BCUT2D eigenvalue weighted by Gasteiger charge is 2.29. The number of para-hydroxylation sites is 1. The molecule has 0 unspecified atom stereocenters. The normalized spacial score (nSPS) is 13.4. The number of hydrogen-bond acceptors (Lipinski definition) is 8. The van der Waals surface area contributed by atoms with E-state index in [4.69, 9.17) is 17.2 Å². The number of nitrogens with one attached hydrogen (secondary N) is 5. The predicted molar refractivity (Wildman–Crippen MR) is 180 cm³/mol. The molecule has 0 radical (unpaired) electrons. The van der Waals surface area contributed by atoms with Gasteiger partial charge in [-0.2, -0.15) is 12.6 Å². The number of aromatic nitrogens is 1. The number of carboxylic acids is 1. The summed E-state index contributed by atoms with van der Waals surface area (Å²) in [5.74, 6) is -4.25. The summed E-state index contributed by atoms with van der Waals surface area (Å²) in [6, 6.07) is 12.1. The number of aliphatic imine (C=N–C) groups is 1. The molecule has 0 saturated carbocycles. The molecule has 0 fully saturated rings. The highest BCUT2D eigenvalue weighted by molar-refractivity contribution is 7.80. The zero-order chi connectivity index (χ0) is 34.3. The van der Waals surface area contributed by atoms with E-state index in [0.29, 0.717) is 12.0 Å². The summed E-state index contributed by atoms with van der Waals surface area (Å²) in [5, 5.41) is 20.1. The molecule has 15 nitrogen and oxygen atoms in total. The van der Waals surface area contributed by atoms with Crippen molar-refractivity contribution in [3.63, 3.8) is 0 Å². The van der Waals surface area contributed by atoms with Crippen molar-refractivity contribution in [2.75, 3.05) is 18.8 Å². The summed E-state index contributed by atoms with van der Waals surface area (Å²) >= 11 is 3.92. The number of H-pyrrole nitrogens is 1. The number of hydrogen-bond donors (Lipinski definition) is 10. The van der Waals surface area contributed by atoms with E-state index in [2.05, 4.69) is 43.9 Å². The van der Waals surface area contributed by atoms with Crippen LogP contribution in [0.1, 0.15) is 24.0 Å². The number of carbonyl (C=O) groups excluding carboxylic acids is 4. The molecule has 4 atom stereocenters. The number of nitrogens with zero attached hydrogens (tertiary/aromatic N) is 1. The van der Waals surface area contributed by atoms with Crippen LogP contribution in [-0.2, 0) is 36.8 Å². The van der Waals surface area contributed by atoms with Gasteiger partial charge in [0.15, 0.2) is 5.96 Å². The van der Waals surface area contributed by atoms with E-state index in [1.165, 1.54) is 0 Å². The van der Waals surface area contributed by atoms with Crippen molar-refractivity contribution in [2.24, 2.45) is 22.2 Å². The van der Waals surface area contributed by atoms with Crippen molar-refractivity contribution >= 4 is 59.1 Å². The molecule has 0 aliphatic rings. The van der Waals surface area contributed by atoms with Crippen molar-refractivity contribution < 1.29 is 29.1 Å². The highest BCUT2D eigenvalue weighted by Crippen LogP contribution is 2.19. The number of guanidine groups is 1. The first-order chi connectivity index (χ1) is 22.5. The third-order valence-corrected chi connectivity index (χ3v) is 7.55. The number of amides is 4. The SMILES string of the molecule is NC(N)=NCCC[C@H](NC(=O)[C@@H](N)Cc1ccccc1)C(=O)N[C@@H](Cc1c[nH]c2ccccc12)C(=O)NCC(=O)N[C@@H](CS)C(=O)O. The maximum absolute atomic E-state index is 13.7. The molecular weight excluding hydrogens is 626 g/mol. The van der Waals surface area contributed by atoms with Crippen LogP contribution < -0.4 is 38.5 Å². The first-order valence-corrected chi connectivity index (χ1v) is 15.5. The van der Waals surface area contributed by atoms with E-state index < -0.39 is 60.3 Å². The van der Waals surface area contributed by atoms with Gasteiger partial charge in [0.2, 0.25) is 23.6 Å². The lowest BCUT2D eigenvalue weighted by Crippen LogP contribution is -2.57. The zero-order valence-electron chi connectivity index (χ0n) is 25.6. The molecule has 0 aliphatic heterocycles. The monoisotopic (exact) mass is 667 g/mol. The van der Waals surface area contributed by atoms with Gasteiger partial charge in [-0.15, -0.1) is 0 Å². The third kappa shape index (κ3) is 11.7. The van der Waals surface area contributed by atoms with E-state index in [1.54, 1.807) is 6.20 Å². The fourth-order valence-electron chi connectivity index (χ4n) is 4.74. The lowest BCUT2D eigenvalue weighted by Gasteiger charge is -2.24. The number of nitrogens with two attached hydrogens (primary N) is 3. The smallest absolute Gasteiger partial charge is 0.327 e. The standard InChI is InChI=1S/C31H41N9O6S/c32-21(13-18-7-2-1-3-8-18)27(42)39-23(11-6-12-35-31(33)34)29(44)40-24(14-19-15-36-22-10-5-4-9-20(19)22)28(43)37-16-26(41)38-25(17-47)30(45)46/h1-5,7-10,15,21,23-25,36,47H,6,11-14,16-17,32H2,(H,37,43)(H,38,41)(H,39,42)(H,40,44)(H,45,46)(H4,33,34,35)/t21-,23-,24-,25-/m0/s1. The van der Waals surface area contributed by atoms with Gasteiger partial charge in [-0.05, 0) is 36.5 Å². The van der Waals surface area contributed by atoms with Crippen LogP contribution in [0.5, 0.6) is 0 Å². The van der Waals surface area contributed by atoms with Crippen LogP contribution >= 0.6 is 12.6 Å². The van der Waals surface area contributed by atoms with Gasteiger partial charge in [0.1, 0.15) is 18.1 Å². The van der Waals surface area contributed by atoms with E-state index >= 15 is 0 Å². The third-order valence-electron chi connectivity index (χ3n) is 7.18. The number of rotatable bonds is 18. The number of aliphatic carboxylic acids is 1. The van der Waals surface area contributed by atoms with Crippen LogP contribution in [0.4, 0.5) is 0 Å². The quantitative estimate of drug-likeness (QED) is 0.0342. The number of benzene rings is 2. The average Bonchev–Trinajstić information content (AvgIpc) is 3.46. The summed E-state index contributed by atoms with van der Waals surface area (Å²) in [7, 11) is 0. The Morgan fingerprint density at radius 3 is 2.21 bits per heavy atom. The van der Waals surface area contributed by atoms with E-state index in [9.17, 15) is 29.1 Å². The van der Waals surface area contributed by atoms with E-state index in [-0.39, 0.29) is 37.5 Å². The Balaban J connectivity index is 1.79. The van der Waals surface area contributed by atoms with Crippen LogP contribution in [0, 0.1) is 0 Å². The lowest BCUT2D eigenvalue weighted by atomic mass is 10.0. The Labute approximate surface area is 276 Å². The van der Waals surface area contributed by atoms with Gasteiger partial charge in [0.05, 0.1) is 12.6 Å². The molecule has 47 heavy (non-hydrogen) atoms. The van der Waals surface area contributed by atoms with Crippen LogP contribution in [0.3, 0.4) is 0 Å². The molecule has 1 heterocycles. The van der Waals surface area contributed by atoms with Crippen molar-refractivity contribution in [3.8, 4) is 0 Å². The minimum atomic E-state index is -1.28.